The summed E-state index contributed by atoms with van der Waals surface area (Å²) < 4.78 is 47.9. The molecule has 1 heterocycles. The number of quaternary nitrogens is 1. The monoisotopic (exact) mass is 301 g/mol. The standard InChI is InChI=1S/C13H10F3NO2S/c1-9-4-3-7-17(18,12(9)20-19)11-6-2-5-10(8-11)13(14,15)16/h2-8H,1H3. The Labute approximate surface area is 116 Å². The van der Waals surface area contributed by atoms with Crippen molar-refractivity contribution in [1.29, 1.82) is 0 Å². The second-order valence-electron chi connectivity index (χ2n) is 4.29. The number of halogens is 3. The maximum absolute atomic E-state index is 12.8. The Morgan fingerprint density at radius 3 is 2.60 bits per heavy atom. The number of hydroxylamine groups is 2. The van der Waals surface area contributed by atoms with Crippen LogP contribution in [0.3, 0.4) is 0 Å². The SMILES string of the molecule is CC1=CC=C[N+]([O-])(c2cccc(C(F)(F)F)c2)C1=S=O. The first kappa shape index (κ1) is 14.7. The van der Waals surface area contributed by atoms with Gasteiger partial charge in [-0.25, -0.2) is 4.21 Å². The molecular weight excluding hydrogens is 291 g/mol. The Balaban J connectivity index is 2.59. The van der Waals surface area contributed by atoms with Crippen molar-refractivity contribution in [2.75, 3.05) is 0 Å². The summed E-state index contributed by atoms with van der Waals surface area (Å²) in [6, 6.07) is 4.09. The highest BCUT2D eigenvalue weighted by molar-refractivity contribution is 7.67. The van der Waals surface area contributed by atoms with Gasteiger partial charge in [-0.3, -0.25) is 4.65 Å². The van der Waals surface area contributed by atoms with Gasteiger partial charge in [-0.1, -0.05) is 6.07 Å². The van der Waals surface area contributed by atoms with Crippen LogP contribution in [-0.4, -0.2) is 9.20 Å². The van der Waals surface area contributed by atoms with E-state index in [9.17, 15) is 22.6 Å². The number of alkyl halides is 3. The van der Waals surface area contributed by atoms with Crippen molar-refractivity contribution < 1.29 is 17.4 Å². The third-order valence-electron chi connectivity index (χ3n) is 2.92. The quantitative estimate of drug-likeness (QED) is 0.453. The lowest BCUT2D eigenvalue weighted by atomic mass is 10.1. The molecule has 2 rings (SSSR count). The van der Waals surface area contributed by atoms with E-state index in [0.717, 1.165) is 24.4 Å². The summed E-state index contributed by atoms with van der Waals surface area (Å²) in [5.41, 5.74) is -0.624. The van der Waals surface area contributed by atoms with E-state index >= 15 is 0 Å². The normalized spacial score (nSPS) is 22.6. The lowest BCUT2D eigenvalue weighted by Gasteiger charge is -2.39. The van der Waals surface area contributed by atoms with Crippen LogP contribution in [-0.2, 0) is 17.4 Å². The molecule has 0 saturated carbocycles. The summed E-state index contributed by atoms with van der Waals surface area (Å²) in [5, 5.41) is 12.8. The van der Waals surface area contributed by atoms with E-state index in [1.54, 1.807) is 13.0 Å². The molecule has 0 amide bonds. The highest BCUT2D eigenvalue weighted by Crippen LogP contribution is 2.35. The summed E-state index contributed by atoms with van der Waals surface area (Å²) in [4.78, 5) is -0.0909. The highest BCUT2D eigenvalue weighted by Gasteiger charge is 2.34. The van der Waals surface area contributed by atoms with E-state index < -0.39 is 16.4 Å². The van der Waals surface area contributed by atoms with E-state index in [1.807, 2.05) is 0 Å². The van der Waals surface area contributed by atoms with E-state index in [0.29, 0.717) is 5.57 Å². The number of nitrogens with zero attached hydrogens (tertiary/aromatic N) is 1. The summed E-state index contributed by atoms with van der Waals surface area (Å²) in [7, 11) is 0. The van der Waals surface area contributed by atoms with E-state index in [1.165, 1.54) is 12.1 Å². The molecule has 1 atom stereocenters. The molecule has 20 heavy (non-hydrogen) atoms. The summed E-state index contributed by atoms with van der Waals surface area (Å²) in [6.45, 7) is 1.57. The van der Waals surface area contributed by atoms with E-state index in [4.69, 9.17) is 0 Å². The molecule has 1 aliphatic heterocycles. The van der Waals surface area contributed by atoms with Crippen LogP contribution in [0.4, 0.5) is 18.9 Å². The van der Waals surface area contributed by atoms with E-state index in [2.05, 4.69) is 0 Å². The number of allylic oxidation sites excluding steroid dienone is 2. The third kappa shape index (κ3) is 2.47. The lowest BCUT2D eigenvalue weighted by Crippen LogP contribution is -2.45. The predicted molar refractivity (Wildman–Crippen MR) is 72.7 cm³/mol. The van der Waals surface area contributed by atoms with Gasteiger partial charge < -0.3 is 5.21 Å². The molecule has 1 aliphatic rings. The minimum atomic E-state index is -4.54. The Morgan fingerprint density at radius 2 is 2.00 bits per heavy atom. The Bertz CT molecular complexity index is 660. The number of rotatable bonds is 1. The van der Waals surface area contributed by atoms with Crippen molar-refractivity contribution in [2.45, 2.75) is 13.1 Å². The van der Waals surface area contributed by atoms with Gasteiger partial charge in [0.05, 0.1) is 5.56 Å². The maximum atomic E-state index is 12.8. The topological polar surface area (TPSA) is 40.1 Å². The molecule has 7 heteroatoms. The summed E-state index contributed by atoms with van der Waals surface area (Å²) >= 11 is -0.00542. The first-order valence-corrected chi connectivity index (χ1v) is 6.34. The van der Waals surface area contributed by atoms with Gasteiger partial charge >= 0.3 is 6.18 Å². The van der Waals surface area contributed by atoms with Crippen LogP contribution in [0.5, 0.6) is 0 Å². The van der Waals surface area contributed by atoms with Gasteiger partial charge in [0, 0.05) is 17.7 Å². The summed E-state index contributed by atoms with van der Waals surface area (Å²) in [5.74, 6) is 0. The molecule has 0 saturated heterocycles. The highest BCUT2D eigenvalue weighted by atomic mass is 32.1. The van der Waals surface area contributed by atoms with Gasteiger partial charge in [0.1, 0.15) is 11.9 Å². The van der Waals surface area contributed by atoms with Gasteiger partial charge in [0.25, 0.3) is 0 Å². The molecule has 3 nitrogen and oxygen atoms in total. The molecule has 0 radical (unpaired) electrons. The second kappa shape index (κ2) is 5.01. The first-order valence-electron chi connectivity index (χ1n) is 5.60. The summed E-state index contributed by atoms with van der Waals surface area (Å²) in [6.07, 6.45) is -0.391. The first-order chi connectivity index (χ1) is 9.29. The molecule has 0 bridgehead atoms. The number of hydrogen-bond acceptors (Lipinski definition) is 2. The predicted octanol–water partition coefficient (Wildman–Crippen LogP) is 3.33. The fourth-order valence-electron chi connectivity index (χ4n) is 1.92. The molecule has 0 spiro atoms. The van der Waals surface area contributed by atoms with E-state index in [-0.39, 0.29) is 21.9 Å². The molecule has 0 aliphatic carbocycles. The Hall–Kier alpha value is -1.70. The molecule has 0 aromatic heterocycles. The van der Waals surface area contributed by atoms with Crippen molar-refractivity contribution >= 4 is 21.9 Å². The zero-order valence-electron chi connectivity index (χ0n) is 10.3. The van der Waals surface area contributed by atoms with Crippen LogP contribution in [0.25, 0.3) is 0 Å². The van der Waals surface area contributed by atoms with Gasteiger partial charge in [-0.2, -0.15) is 13.2 Å². The van der Waals surface area contributed by atoms with Crippen molar-refractivity contribution in [2.24, 2.45) is 0 Å². The van der Waals surface area contributed by atoms with Crippen LogP contribution in [0, 0.1) is 5.21 Å². The van der Waals surface area contributed by atoms with Crippen molar-refractivity contribution in [1.82, 2.24) is 4.65 Å². The van der Waals surface area contributed by atoms with Crippen LogP contribution in [0.15, 0.2) is 48.2 Å². The minimum absolute atomic E-state index is 0.00542. The number of benzene rings is 1. The van der Waals surface area contributed by atoms with Gasteiger partial charge in [-0.15, -0.1) is 0 Å². The second-order valence-corrected chi connectivity index (χ2v) is 4.84. The fourth-order valence-corrected chi connectivity index (χ4v) is 2.40. The average Bonchev–Trinajstić information content (AvgIpc) is 2.38. The minimum Gasteiger partial charge on any atom is -0.616 e. The van der Waals surface area contributed by atoms with Crippen LogP contribution >= 0.6 is 0 Å². The van der Waals surface area contributed by atoms with Crippen molar-refractivity contribution in [3.63, 3.8) is 0 Å². The van der Waals surface area contributed by atoms with Crippen molar-refractivity contribution in [3.8, 4) is 0 Å². The largest absolute Gasteiger partial charge is 0.616 e. The van der Waals surface area contributed by atoms with Crippen LogP contribution in [0.1, 0.15) is 12.5 Å². The molecule has 1 unspecified atom stereocenters. The maximum Gasteiger partial charge on any atom is 0.416 e. The zero-order valence-corrected chi connectivity index (χ0v) is 11.2. The Morgan fingerprint density at radius 1 is 1.30 bits per heavy atom. The fraction of sp³-hybridized carbons (Fsp3) is 0.154. The van der Waals surface area contributed by atoms with Gasteiger partial charge in [0.15, 0.2) is 11.3 Å². The molecule has 1 aromatic rings. The molecule has 106 valence electrons. The average molecular weight is 301 g/mol. The van der Waals surface area contributed by atoms with Crippen molar-refractivity contribution in [3.05, 3.63) is 59.0 Å². The number of hydrogen-bond donors (Lipinski definition) is 0. The Kier molecular flexibility index (Phi) is 3.68. The molecule has 1 aromatic carbocycles. The molecular formula is C13H10F3NO2S. The lowest BCUT2D eigenvalue weighted by molar-refractivity contribution is -0.137. The smallest absolute Gasteiger partial charge is 0.416 e. The van der Waals surface area contributed by atoms with Gasteiger partial charge in [-0.05, 0) is 25.1 Å². The third-order valence-corrected chi connectivity index (χ3v) is 3.67. The van der Waals surface area contributed by atoms with Gasteiger partial charge in [0.2, 0.25) is 4.99 Å². The zero-order chi connectivity index (χ0) is 15.0. The van der Waals surface area contributed by atoms with Crippen LogP contribution < -0.4 is 4.65 Å². The molecule has 0 fully saturated rings. The molecule has 0 N–H and O–H groups in total. The van der Waals surface area contributed by atoms with Crippen LogP contribution in [0.2, 0.25) is 0 Å².